The molecule has 0 spiro atoms. The molecule has 0 saturated carbocycles. The van der Waals surface area contributed by atoms with Crippen molar-refractivity contribution in [2.45, 2.75) is 0 Å². The summed E-state index contributed by atoms with van der Waals surface area (Å²) in [5.41, 5.74) is 1.17. The van der Waals surface area contributed by atoms with Crippen LogP contribution in [0.2, 0.25) is 0 Å². The minimum atomic E-state index is 0.562. The van der Waals surface area contributed by atoms with Crippen molar-refractivity contribution < 1.29 is 4.79 Å². The average Bonchev–Trinajstić information content (AvgIpc) is 2.21. The van der Waals surface area contributed by atoms with Crippen LogP contribution in [0.25, 0.3) is 6.08 Å². The van der Waals surface area contributed by atoms with E-state index < -0.39 is 0 Å². The standard InChI is InChI=1S/C8H8.C3H5NO/c1-2-8-6-4-3-5-7-8;1-2-4-3-5/h2-7H,1H2;2-3H,1H2,(H,4,5). The van der Waals surface area contributed by atoms with Crippen LogP contribution >= 0.6 is 0 Å². The van der Waals surface area contributed by atoms with Crippen molar-refractivity contribution in [3.8, 4) is 0 Å². The molecule has 0 aliphatic heterocycles. The molecular weight excluding hydrogens is 162 g/mol. The van der Waals surface area contributed by atoms with Gasteiger partial charge in [0, 0.05) is 0 Å². The molecule has 1 aromatic rings. The molecule has 1 N–H and O–H groups in total. The molecule has 68 valence electrons. The molecule has 2 heteroatoms. The third-order valence-electron chi connectivity index (χ3n) is 1.22. The second kappa shape index (κ2) is 8.27. The number of hydrogen-bond acceptors (Lipinski definition) is 1. The van der Waals surface area contributed by atoms with Crippen molar-refractivity contribution in [1.29, 1.82) is 0 Å². The van der Waals surface area contributed by atoms with E-state index in [9.17, 15) is 4.79 Å². The lowest BCUT2D eigenvalue weighted by molar-refractivity contribution is -0.108. The van der Waals surface area contributed by atoms with Crippen molar-refractivity contribution in [2.24, 2.45) is 0 Å². The number of amides is 1. The van der Waals surface area contributed by atoms with Crippen LogP contribution in [0.15, 0.2) is 49.7 Å². The van der Waals surface area contributed by atoms with E-state index in [1.54, 1.807) is 0 Å². The predicted octanol–water partition coefficient (Wildman–Crippen LogP) is 2.21. The molecule has 2 nitrogen and oxygen atoms in total. The van der Waals surface area contributed by atoms with Gasteiger partial charge in [-0.05, 0) is 11.8 Å². The molecule has 0 unspecified atom stereocenters. The van der Waals surface area contributed by atoms with Gasteiger partial charge >= 0.3 is 0 Å². The Hall–Kier alpha value is -1.83. The van der Waals surface area contributed by atoms with Crippen molar-refractivity contribution in [2.75, 3.05) is 0 Å². The van der Waals surface area contributed by atoms with Gasteiger partial charge in [-0.15, -0.1) is 0 Å². The molecule has 1 rings (SSSR count). The minimum absolute atomic E-state index is 0.562. The van der Waals surface area contributed by atoms with Gasteiger partial charge in [-0.1, -0.05) is 49.6 Å². The highest BCUT2D eigenvalue weighted by Gasteiger charge is 1.75. The predicted molar refractivity (Wildman–Crippen MR) is 55.9 cm³/mol. The summed E-state index contributed by atoms with van der Waals surface area (Å²) in [7, 11) is 0. The molecule has 0 fully saturated rings. The largest absolute Gasteiger partial charge is 0.336 e. The summed E-state index contributed by atoms with van der Waals surface area (Å²) < 4.78 is 0. The van der Waals surface area contributed by atoms with Crippen LogP contribution in [0.5, 0.6) is 0 Å². The molecule has 0 saturated heterocycles. The van der Waals surface area contributed by atoms with E-state index in [0.717, 1.165) is 0 Å². The van der Waals surface area contributed by atoms with E-state index in [1.807, 2.05) is 36.4 Å². The van der Waals surface area contributed by atoms with E-state index >= 15 is 0 Å². The van der Waals surface area contributed by atoms with Crippen molar-refractivity contribution in [1.82, 2.24) is 5.32 Å². The van der Waals surface area contributed by atoms with Crippen molar-refractivity contribution in [3.63, 3.8) is 0 Å². The van der Waals surface area contributed by atoms with Crippen LogP contribution in [-0.4, -0.2) is 6.41 Å². The quantitative estimate of drug-likeness (QED) is 0.701. The Labute approximate surface area is 78.6 Å². The number of carbonyl (C=O) groups excluding carboxylic acids is 1. The monoisotopic (exact) mass is 175 g/mol. The molecule has 0 radical (unpaired) electrons. The Balaban J connectivity index is 0.000000252. The first-order chi connectivity index (χ1) is 6.35. The summed E-state index contributed by atoms with van der Waals surface area (Å²) in [5, 5.41) is 2.19. The summed E-state index contributed by atoms with van der Waals surface area (Å²) in [4.78, 5) is 9.22. The minimum Gasteiger partial charge on any atom is -0.336 e. The lowest BCUT2D eigenvalue weighted by Crippen LogP contribution is -1.96. The van der Waals surface area contributed by atoms with Crippen LogP contribution in [-0.2, 0) is 4.79 Å². The topological polar surface area (TPSA) is 29.1 Å². The summed E-state index contributed by atoms with van der Waals surface area (Å²) in [6.45, 7) is 6.84. The Morgan fingerprint density at radius 2 is 1.77 bits per heavy atom. The van der Waals surface area contributed by atoms with Crippen LogP contribution < -0.4 is 5.32 Å². The summed E-state index contributed by atoms with van der Waals surface area (Å²) in [6, 6.07) is 10.0. The van der Waals surface area contributed by atoms with E-state index in [0.29, 0.717) is 6.41 Å². The number of rotatable bonds is 3. The number of benzene rings is 1. The molecule has 0 atom stereocenters. The van der Waals surface area contributed by atoms with Crippen molar-refractivity contribution >= 4 is 12.5 Å². The fraction of sp³-hybridized carbons (Fsp3) is 0. The Morgan fingerprint density at radius 1 is 1.15 bits per heavy atom. The van der Waals surface area contributed by atoms with Gasteiger partial charge in [0.15, 0.2) is 0 Å². The third-order valence-corrected chi connectivity index (χ3v) is 1.22. The molecular formula is C11H13NO. The number of nitrogens with one attached hydrogen (secondary N) is 1. The smallest absolute Gasteiger partial charge is 0.211 e. The third kappa shape index (κ3) is 6.56. The maximum Gasteiger partial charge on any atom is 0.211 e. The van der Waals surface area contributed by atoms with Crippen LogP contribution in [0.4, 0.5) is 0 Å². The lowest BCUT2D eigenvalue weighted by Gasteiger charge is -1.85. The summed E-state index contributed by atoms with van der Waals surface area (Å²) in [5.74, 6) is 0. The zero-order valence-electron chi connectivity index (χ0n) is 7.44. The van der Waals surface area contributed by atoms with Crippen LogP contribution in [0.1, 0.15) is 5.56 Å². The zero-order chi connectivity index (χ0) is 9.94. The maximum absolute atomic E-state index is 9.22. The molecule has 0 aromatic heterocycles. The molecule has 1 amide bonds. The normalized spacial score (nSPS) is 7.38. The molecule has 0 aliphatic carbocycles. The van der Waals surface area contributed by atoms with Gasteiger partial charge in [-0.3, -0.25) is 4.79 Å². The fourth-order valence-corrected chi connectivity index (χ4v) is 0.637. The molecule has 0 bridgehead atoms. The van der Waals surface area contributed by atoms with Gasteiger partial charge in [0.05, 0.1) is 0 Å². The second-order valence-corrected chi connectivity index (χ2v) is 2.10. The summed E-state index contributed by atoms with van der Waals surface area (Å²) in [6.07, 6.45) is 3.71. The van der Waals surface area contributed by atoms with Gasteiger partial charge in [0.25, 0.3) is 0 Å². The van der Waals surface area contributed by atoms with E-state index in [4.69, 9.17) is 0 Å². The highest BCUT2D eigenvalue weighted by molar-refractivity contribution is 5.47. The van der Waals surface area contributed by atoms with Gasteiger partial charge in [-0.2, -0.15) is 0 Å². The zero-order valence-corrected chi connectivity index (χ0v) is 7.44. The first-order valence-electron chi connectivity index (χ1n) is 3.83. The molecule has 0 heterocycles. The Morgan fingerprint density at radius 3 is 2.00 bits per heavy atom. The molecule has 0 aliphatic rings. The summed E-state index contributed by atoms with van der Waals surface area (Å²) >= 11 is 0. The Bertz CT molecular complexity index is 248. The van der Waals surface area contributed by atoms with Crippen LogP contribution in [0, 0.1) is 0 Å². The van der Waals surface area contributed by atoms with Crippen LogP contribution in [0.3, 0.4) is 0 Å². The molecule has 13 heavy (non-hydrogen) atoms. The highest BCUT2D eigenvalue weighted by atomic mass is 16.1. The average molecular weight is 175 g/mol. The van der Waals surface area contributed by atoms with Gasteiger partial charge in [-0.25, -0.2) is 0 Å². The highest BCUT2D eigenvalue weighted by Crippen LogP contribution is 1.97. The number of carbonyl (C=O) groups is 1. The maximum atomic E-state index is 9.22. The second-order valence-electron chi connectivity index (χ2n) is 2.10. The van der Waals surface area contributed by atoms with E-state index in [2.05, 4.69) is 18.5 Å². The van der Waals surface area contributed by atoms with Gasteiger partial charge < -0.3 is 5.32 Å². The van der Waals surface area contributed by atoms with E-state index in [1.165, 1.54) is 11.8 Å². The van der Waals surface area contributed by atoms with E-state index in [-0.39, 0.29) is 0 Å². The Kier molecular flexibility index (Phi) is 7.10. The SMILES string of the molecule is C=CNC=O.C=Cc1ccccc1. The van der Waals surface area contributed by atoms with Gasteiger partial charge in [0.1, 0.15) is 0 Å². The first kappa shape index (κ1) is 11.2. The molecule has 1 aromatic carbocycles. The first-order valence-corrected chi connectivity index (χ1v) is 3.83. The van der Waals surface area contributed by atoms with Crippen molar-refractivity contribution in [3.05, 3.63) is 55.3 Å². The lowest BCUT2D eigenvalue weighted by atomic mass is 10.2. The fourth-order valence-electron chi connectivity index (χ4n) is 0.637. The number of hydrogen-bond donors (Lipinski definition) is 1. The van der Waals surface area contributed by atoms with Gasteiger partial charge in [0.2, 0.25) is 6.41 Å².